The van der Waals surface area contributed by atoms with Crippen LogP contribution in [0, 0.1) is 6.92 Å². The molecular weight excluding hydrogens is 290 g/mol. The summed E-state index contributed by atoms with van der Waals surface area (Å²) in [5.74, 6) is 0.636. The molecule has 0 aliphatic heterocycles. The van der Waals surface area contributed by atoms with Crippen molar-refractivity contribution in [2.75, 3.05) is 5.73 Å². The van der Waals surface area contributed by atoms with Gasteiger partial charge in [0.25, 0.3) is 5.56 Å². The number of thiazole rings is 1. The molecule has 3 aromatic rings. The van der Waals surface area contributed by atoms with Crippen molar-refractivity contribution in [2.45, 2.75) is 17.6 Å². The number of hydrogen-bond donors (Lipinski definition) is 1. The van der Waals surface area contributed by atoms with E-state index in [2.05, 4.69) is 11.1 Å². The number of rotatable bonds is 3. The maximum atomic E-state index is 11.9. The molecule has 0 fully saturated rings. The Bertz CT molecular complexity index is 823. The van der Waals surface area contributed by atoms with Crippen LogP contribution in [-0.2, 0) is 5.75 Å². The van der Waals surface area contributed by atoms with Gasteiger partial charge in [0.2, 0.25) is 0 Å². The van der Waals surface area contributed by atoms with Crippen LogP contribution in [0.2, 0.25) is 0 Å². The van der Waals surface area contributed by atoms with Crippen molar-refractivity contribution in [3.05, 3.63) is 57.5 Å². The molecule has 102 valence electrons. The highest BCUT2D eigenvalue weighted by Crippen LogP contribution is 2.28. The smallest absolute Gasteiger partial charge is 0.258 e. The summed E-state index contributed by atoms with van der Waals surface area (Å²) in [7, 11) is 0. The van der Waals surface area contributed by atoms with Crippen LogP contribution in [0.4, 0.5) is 5.69 Å². The topological polar surface area (TPSA) is 60.4 Å². The Labute approximate surface area is 124 Å². The van der Waals surface area contributed by atoms with Crippen molar-refractivity contribution in [3.63, 3.8) is 0 Å². The number of benzene rings is 1. The van der Waals surface area contributed by atoms with Crippen LogP contribution in [-0.4, -0.2) is 9.38 Å². The van der Waals surface area contributed by atoms with E-state index in [0.29, 0.717) is 5.75 Å². The summed E-state index contributed by atoms with van der Waals surface area (Å²) in [6.45, 7) is 2.03. The van der Waals surface area contributed by atoms with E-state index in [1.165, 1.54) is 16.9 Å². The van der Waals surface area contributed by atoms with Crippen molar-refractivity contribution >= 4 is 33.7 Å². The van der Waals surface area contributed by atoms with Gasteiger partial charge in [-0.25, -0.2) is 4.98 Å². The molecule has 0 saturated heterocycles. The molecule has 0 aliphatic carbocycles. The van der Waals surface area contributed by atoms with Gasteiger partial charge in [0.05, 0.1) is 5.69 Å². The van der Waals surface area contributed by atoms with E-state index in [1.54, 1.807) is 28.4 Å². The van der Waals surface area contributed by atoms with Crippen molar-refractivity contribution < 1.29 is 0 Å². The molecule has 0 aliphatic rings. The second kappa shape index (κ2) is 5.30. The number of aromatic nitrogens is 2. The van der Waals surface area contributed by atoms with E-state index in [4.69, 9.17) is 5.73 Å². The molecule has 0 amide bonds. The Hall–Kier alpha value is -1.79. The Kier molecular flexibility index (Phi) is 3.50. The number of nitrogens with zero attached hydrogens (tertiary/aromatic N) is 2. The van der Waals surface area contributed by atoms with Gasteiger partial charge in [-0.1, -0.05) is 6.07 Å². The fourth-order valence-electron chi connectivity index (χ4n) is 1.88. The third-order valence-corrected chi connectivity index (χ3v) is 4.76. The normalized spacial score (nSPS) is 11.1. The van der Waals surface area contributed by atoms with Crippen LogP contribution in [0.3, 0.4) is 0 Å². The molecular formula is C14H13N3OS2. The quantitative estimate of drug-likeness (QED) is 0.597. The van der Waals surface area contributed by atoms with E-state index in [-0.39, 0.29) is 5.56 Å². The summed E-state index contributed by atoms with van der Waals surface area (Å²) < 4.78 is 1.56. The highest BCUT2D eigenvalue weighted by atomic mass is 32.2. The van der Waals surface area contributed by atoms with Crippen LogP contribution in [0.25, 0.3) is 4.96 Å². The standard InChI is InChI=1S/C14H13N3OS2/c1-9-2-3-11(15)12(6-9)20-8-10-7-13(18)17-4-5-19-14(17)16-10/h2-7H,8,15H2,1H3. The number of fused-ring (bicyclic) bond motifs is 1. The van der Waals surface area contributed by atoms with Gasteiger partial charge >= 0.3 is 0 Å². The minimum Gasteiger partial charge on any atom is -0.398 e. The lowest BCUT2D eigenvalue weighted by atomic mass is 10.2. The van der Waals surface area contributed by atoms with Gasteiger partial charge in [0.1, 0.15) is 0 Å². The first kappa shape index (κ1) is 13.2. The van der Waals surface area contributed by atoms with E-state index in [1.807, 2.05) is 24.4 Å². The van der Waals surface area contributed by atoms with Crippen LogP contribution in [0.15, 0.2) is 45.5 Å². The summed E-state index contributed by atoms with van der Waals surface area (Å²) >= 11 is 3.06. The van der Waals surface area contributed by atoms with E-state index < -0.39 is 0 Å². The lowest BCUT2D eigenvalue weighted by molar-refractivity contribution is 1.04. The van der Waals surface area contributed by atoms with E-state index in [0.717, 1.165) is 21.2 Å². The average Bonchev–Trinajstić information content (AvgIpc) is 2.89. The molecule has 2 aromatic heterocycles. The summed E-state index contributed by atoms with van der Waals surface area (Å²) in [6, 6.07) is 7.53. The molecule has 0 saturated carbocycles. The first-order chi connectivity index (χ1) is 9.63. The van der Waals surface area contributed by atoms with Gasteiger partial charge in [-0.05, 0) is 24.6 Å². The summed E-state index contributed by atoms with van der Waals surface area (Å²) in [6.07, 6.45) is 1.74. The zero-order valence-electron chi connectivity index (χ0n) is 10.9. The monoisotopic (exact) mass is 303 g/mol. The van der Waals surface area contributed by atoms with Crippen LogP contribution < -0.4 is 11.3 Å². The zero-order chi connectivity index (χ0) is 14.1. The van der Waals surface area contributed by atoms with E-state index in [9.17, 15) is 4.79 Å². The average molecular weight is 303 g/mol. The highest BCUT2D eigenvalue weighted by Gasteiger charge is 2.06. The molecule has 4 nitrogen and oxygen atoms in total. The predicted octanol–water partition coefficient (Wildman–Crippen LogP) is 2.94. The van der Waals surface area contributed by atoms with Crippen molar-refractivity contribution in [1.82, 2.24) is 9.38 Å². The summed E-state index contributed by atoms with van der Waals surface area (Å²) in [5, 5.41) is 1.86. The van der Waals surface area contributed by atoms with Crippen molar-refractivity contribution in [2.24, 2.45) is 0 Å². The fraction of sp³-hybridized carbons (Fsp3) is 0.143. The molecule has 6 heteroatoms. The molecule has 3 rings (SSSR count). The second-order valence-corrected chi connectivity index (χ2v) is 6.36. The van der Waals surface area contributed by atoms with Crippen LogP contribution in [0.1, 0.15) is 11.3 Å². The van der Waals surface area contributed by atoms with Gasteiger partial charge in [0.15, 0.2) is 4.96 Å². The molecule has 2 heterocycles. The molecule has 0 unspecified atom stereocenters. The van der Waals surface area contributed by atoms with Crippen molar-refractivity contribution in [1.29, 1.82) is 0 Å². The molecule has 20 heavy (non-hydrogen) atoms. The molecule has 0 radical (unpaired) electrons. The number of nitrogen functional groups attached to an aromatic ring is 1. The molecule has 2 N–H and O–H groups in total. The number of hydrogen-bond acceptors (Lipinski definition) is 5. The van der Waals surface area contributed by atoms with Crippen LogP contribution >= 0.6 is 23.1 Å². The molecule has 0 atom stereocenters. The second-order valence-electron chi connectivity index (χ2n) is 4.47. The highest BCUT2D eigenvalue weighted by molar-refractivity contribution is 7.98. The summed E-state index contributed by atoms with van der Waals surface area (Å²) in [4.78, 5) is 18.1. The number of anilines is 1. The SMILES string of the molecule is Cc1ccc(N)c(SCc2cc(=O)n3ccsc3n2)c1. The maximum absolute atomic E-state index is 11.9. The zero-order valence-corrected chi connectivity index (χ0v) is 12.5. The Balaban J connectivity index is 1.86. The van der Waals surface area contributed by atoms with Gasteiger partial charge in [-0.3, -0.25) is 9.20 Å². The lowest BCUT2D eigenvalue weighted by Gasteiger charge is -2.06. The Morgan fingerprint density at radius 2 is 2.25 bits per heavy atom. The van der Waals surface area contributed by atoms with Gasteiger partial charge < -0.3 is 5.73 Å². The van der Waals surface area contributed by atoms with Gasteiger partial charge in [-0.15, -0.1) is 23.1 Å². The third kappa shape index (κ3) is 2.57. The largest absolute Gasteiger partial charge is 0.398 e. The fourth-order valence-corrected chi connectivity index (χ4v) is 3.57. The van der Waals surface area contributed by atoms with Crippen molar-refractivity contribution in [3.8, 4) is 0 Å². The minimum atomic E-state index is -0.0379. The maximum Gasteiger partial charge on any atom is 0.258 e. The van der Waals surface area contributed by atoms with Gasteiger partial charge in [0, 0.05) is 34.0 Å². The summed E-state index contributed by atoms with van der Waals surface area (Å²) in [5.41, 5.74) is 8.62. The molecule has 0 spiro atoms. The van der Waals surface area contributed by atoms with Crippen LogP contribution in [0.5, 0.6) is 0 Å². The van der Waals surface area contributed by atoms with Gasteiger partial charge in [-0.2, -0.15) is 0 Å². The molecule has 0 bridgehead atoms. The molecule has 1 aromatic carbocycles. The first-order valence-corrected chi connectivity index (χ1v) is 7.95. The third-order valence-electron chi connectivity index (χ3n) is 2.90. The number of nitrogens with two attached hydrogens (primary N) is 1. The Morgan fingerprint density at radius 1 is 1.40 bits per heavy atom. The number of aryl methyl sites for hydroxylation is 1. The minimum absolute atomic E-state index is 0.0379. The Morgan fingerprint density at radius 3 is 3.10 bits per heavy atom. The number of thioether (sulfide) groups is 1. The first-order valence-electron chi connectivity index (χ1n) is 6.08. The lowest BCUT2D eigenvalue weighted by Crippen LogP contribution is -2.12. The van der Waals surface area contributed by atoms with E-state index >= 15 is 0 Å². The predicted molar refractivity (Wildman–Crippen MR) is 84.5 cm³/mol.